The second-order valence-corrected chi connectivity index (χ2v) is 4.20. The lowest BCUT2D eigenvalue weighted by Gasteiger charge is -2.09. The first-order chi connectivity index (χ1) is 8.66. The topological polar surface area (TPSA) is 50.9 Å². The van der Waals surface area contributed by atoms with Crippen LogP contribution in [0.5, 0.6) is 0 Å². The first-order valence-corrected chi connectivity index (χ1v) is 5.86. The van der Waals surface area contributed by atoms with Crippen molar-refractivity contribution in [3.05, 3.63) is 53.5 Å². The van der Waals surface area contributed by atoms with Crippen molar-refractivity contribution in [2.75, 3.05) is 17.6 Å². The van der Waals surface area contributed by atoms with Gasteiger partial charge in [-0.1, -0.05) is 12.1 Å². The second kappa shape index (κ2) is 5.49. The number of hydrogen-bond acceptors (Lipinski definition) is 3. The fourth-order valence-electron chi connectivity index (χ4n) is 1.73. The second-order valence-electron chi connectivity index (χ2n) is 4.20. The number of rotatable bonds is 4. The Bertz CT molecular complexity index is 540. The van der Waals surface area contributed by atoms with E-state index in [-0.39, 0.29) is 5.82 Å². The molecule has 18 heavy (non-hydrogen) atoms. The summed E-state index contributed by atoms with van der Waals surface area (Å²) in [4.78, 5) is 4.18. The molecule has 0 saturated carbocycles. The van der Waals surface area contributed by atoms with E-state index in [4.69, 9.17) is 5.73 Å². The van der Waals surface area contributed by atoms with Crippen LogP contribution in [0, 0.1) is 12.7 Å². The van der Waals surface area contributed by atoms with Crippen molar-refractivity contribution in [1.82, 2.24) is 4.98 Å². The molecule has 0 fully saturated rings. The van der Waals surface area contributed by atoms with Crippen molar-refractivity contribution in [3.63, 3.8) is 0 Å². The molecule has 2 rings (SSSR count). The normalized spacial score (nSPS) is 10.3. The predicted molar refractivity (Wildman–Crippen MR) is 72.0 cm³/mol. The van der Waals surface area contributed by atoms with E-state index in [9.17, 15) is 4.39 Å². The third kappa shape index (κ3) is 2.97. The molecule has 0 radical (unpaired) electrons. The Hall–Kier alpha value is -2.10. The van der Waals surface area contributed by atoms with Crippen LogP contribution in [0.1, 0.15) is 11.1 Å². The van der Waals surface area contributed by atoms with Crippen molar-refractivity contribution in [3.8, 4) is 0 Å². The number of nitrogens with two attached hydrogens (primary N) is 1. The lowest BCUT2D eigenvalue weighted by molar-refractivity contribution is 0.625. The SMILES string of the molecule is Cc1ccnc(NCCc2cccc(F)c2)c1N. The standard InChI is InChI=1S/C14H16FN3/c1-10-5-7-17-14(13(10)16)18-8-6-11-3-2-4-12(15)9-11/h2-5,7,9H,6,8,16H2,1H3,(H,17,18). The molecule has 0 atom stereocenters. The van der Waals surface area contributed by atoms with Gasteiger partial charge in [-0.2, -0.15) is 0 Å². The van der Waals surface area contributed by atoms with E-state index in [1.165, 1.54) is 12.1 Å². The molecule has 0 unspecified atom stereocenters. The van der Waals surface area contributed by atoms with Gasteiger partial charge in [0.2, 0.25) is 0 Å². The van der Waals surface area contributed by atoms with Gasteiger partial charge in [0.25, 0.3) is 0 Å². The number of benzene rings is 1. The highest BCUT2D eigenvalue weighted by Gasteiger charge is 2.02. The zero-order valence-electron chi connectivity index (χ0n) is 10.3. The molecule has 0 aliphatic rings. The molecule has 4 heteroatoms. The van der Waals surface area contributed by atoms with Gasteiger partial charge in [0, 0.05) is 12.7 Å². The van der Waals surface area contributed by atoms with E-state index in [2.05, 4.69) is 10.3 Å². The number of nitrogens with one attached hydrogen (secondary N) is 1. The zero-order valence-corrected chi connectivity index (χ0v) is 10.3. The molecule has 1 heterocycles. The molecule has 0 spiro atoms. The van der Waals surface area contributed by atoms with Crippen LogP contribution >= 0.6 is 0 Å². The molecule has 0 saturated heterocycles. The fraction of sp³-hybridized carbons (Fsp3) is 0.214. The number of aryl methyl sites for hydroxylation is 1. The van der Waals surface area contributed by atoms with E-state index in [1.807, 2.05) is 19.1 Å². The van der Waals surface area contributed by atoms with Crippen molar-refractivity contribution in [2.24, 2.45) is 0 Å². The van der Waals surface area contributed by atoms with E-state index in [0.29, 0.717) is 18.1 Å². The summed E-state index contributed by atoms with van der Waals surface area (Å²) in [5, 5.41) is 3.16. The number of hydrogen-bond donors (Lipinski definition) is 2. The maximum absolute atomic E-state index is 13.0. The molecule has 94 valence electrons. The highest BCUT2D eigenvalue weighted by Crippen LogP contribution is 2.18. The minimum atomic E-state index is -0.208. The van der Waals surface area contributed by atoms with Gasteiger partial charge in [0.15, 0.2) is 0 Å². The third-order valence-corrected chi connectivity index (χ3v) is 2.80. The van der Waals surface area contributed by atoms with E-state index >= 15 is 0 Å². The average Bonchev–Trinajstić information content (AvgIpc) is 2.35. The first-order valence-electron chi connectivity index (χ1n) is 5.86. The van der Waals surface area contributed by atoms with Gasteiger partial charge in [-0.05, 0) is 42.7 Å². The Balaban J connectivity index is 1.94. The maximum atomic E-state index is 13.0. The summed E-state index contributed by atoms with van der Waals surface area (Å²) >= 11 is 0. The molecular formula is C14H16FN3. The summed E-state index contributed by atoms with van der Waals surface area (Å²) in [6.07, 6.45) is 2.45. The third-order valence-electron chi connectivity index (χ3n) is 2.80. The summed E-state index contributed by atoms with van der Waals surface area (Å²) in [5.74, 6) is 0.479. The van der Waals surface area contributed by atoms with Crippen LogP contribution in [0.15, 0.2) is 36.5 Å². The minimum Gasteiger partial charge on any atom is -0.396 e. The number of halogens is 1. The number of anilines is 2. The monoisotopic (exact) mass is 245 g/mol. The molecular weight excluding hydrogens is 229 g/mol. The largest absolute Gasteiger partial charge is 0.396 e. The zero-order chi connectivity index (χ0) is 13.0. The number of nitrogen functional groups attached to an aromatic ring is 1. The minimum absolute atomic E-state index is 0.208. The summed E-state index contributed by atoms with van der Waals surface area (Å²) in [6.45, 7) is 2.61. The van der Waals surface area contributed by atoms with Gasteiger partial charge in [0.05, 0.1) is 5.69 Å². The van der Waals surface area contributed by atoms with E-state index in [1.54, 1.807) is 12.3 Å². The van der Waals surface area contributed by atoms with Crippen molar-refractivity contribution >= 4 is 11.5 Å². The number of nitrogens with zero attached hydrogens (tertiary/aromatic N) is 1. The summed E-state index contributed by atoms with van der Waals surface area (Å²) < 4.78 is 13.0. The van der Waals surface area contributed by atoms with Crippen LogP contribution in [0.25, 0.3) is 0 Å². The summed E-state index contributed by atoms with van der Waals surface area (Å²) in [5.41, 5.74) is 8.52. The summed E-state index contributed by atoms with van der Waals surface area (Å²) in [6, 6.07) is 8.46. The Kier molecular flexibility index (Phi) is 3.77. The maximum Gasteiger partial charge on any atom is 0.149 e. The average molecular weight is 245 g/mol. The smallest absolute Gasteiger partial charge is 0.149 e. The van der Waals surface area contributed by atoms with Gasteiger partial charge in [0.1, 0.15) is 11.6 Å². The van der Waals surface area contributed by atoms with Crippen molar-refractivity contribution in [1.29, 1.82) is 0 Å². The Labute approximate surface area is 106 Å². The van der Waals surface area contributed by atoms with Crippen LogP contribution < -0.4 is 11.1 Å². The Morgan fingerprint density at radius 2 is 2.17 bits per heavy atom. The van der Waals surface area contributed by atoms with Crippen molar-refractivity contribution < 1.29 is 4.39 Å². The molecule has 0 amide bonds. The van der Waals surface area contributed by atoms with Crippen molar-refractivity contribution in [2.45, 2.75) is 13.3 Å². The molecule has 0 bridgehead atoms. The van der Waals surface area contributed by atoms with Crippen LogP contribution in [0.3, 0.4) is 0 Å². The van der Waals surface area contributed by atoms with E-state index in [0.717, 1.165) is 17.5 Å². The van der Waals surface area contributed by atoms with Crippen LogP contribution in [0.2, 0.25) is 0 Å². The number of pyridine rings is 1. The van der Waals surface area contributed by atoms with Gasteiger partial charge in [-0.3, -0.25) is 0 Å². The molecule has 2 aromatic rings. The lowest BCUT2D eigenvalue weighted by Crippen LogP contribution is -2.09. The number of aromatic nitrogens is 1. The fourth-order valence-corrected chi connectivity index (χ4v) is 1.73. The van der Waals surface area contributed by atoms with Gasteiger partial charge >= 0.3 is 0 Å². The van der Waals surface area contributed by atoms with Crippen LogP contribution in [0.4, 0.5) is 15.9 Å². The first kappa shape index (κ1) is 12.4. The van der Waals surface area contributed by atoms with Gasteiger partial charge in [-0.25, -0.2) is 9.37 Å². The molecule has 0 aliphatic heterocycles. The van der Waals surface area contributed by atoms with Gasteiger partial charge < -0.3 is 11.1 Å². The molecule has 1 aromatic carbocycles. The molecule has 3 nitrogen and oxygen atoms in total. The lowest BCUT2D eigenvalue weighted by atomic mass is 10.1. The molecule has 3 N–H and O–H groups in total. The van der Waals surface area contributed by atoms with Gasteiger partial charge in [-0.15, -0.1) is 0 Å². The van der Waals surface area contributed by atoms with E-state index < -0.39 is 0 Å². The summed E-state index contributed by atoms with van der Waals surface area (Å²) in [7, 11) is 0. The molecule has 1 aromatic heterocycles. The predicted octanol–water partition coefficient (Wildman–Crippen LogP) is 2.77. The quantitative estimate of drug-likeness (QED) is 0.870. The molecule has 0 aliphatic carbocycles. The highest BCUT2D eigenvalue weighted by molar-refractivity contribution is 5.64. The van der Waals surface area contributed by atoms with Crippen LogP contribution in [-0.4, -0.2) is 11.5 Å². The van der Waals surface area contributed by atoms with Crippen LogP contribution in [-0.2, 0) is 6.42 Å². The Morgan fingerprint density at radius 3 is 2.94 bits per heavy atom. The Morgan fingerprint density at radius 1 is 1.33 bits per heavy atom. The highest BCUT2D eigenvalue weighted by atomic mass is 19.1.